The normalized spacial score (nSPS) is 13.7. The number of carbonyl (C=O) groups excluding carboxylic acids is 3. The highest BCUT2D eigenvalue weighted by Crippen LogP contribution is 2.11. The molecular formula is C58H82O6. The maximum absolute atomic E-state index is 12.8. The average Bonchev–Trinajstić information content (AvgIpc) is 3.29. The summed E-state index contributed by atoms with van der Waals surface area (Å²) in [6.45, 7) is 6.07. The zero-order chi connectivity index (χ0) is 46.5. The van der Waals surface area contributed by atoms with Gasteiger partial charge in [-0.2, -0.15) is 0 Å². The number of unbranched alkanes of at least 4 members (excludes halogenated alkanes) is 9. The molecule has 0 saturated carbocycles. The molecule has 0 heterocycles. The minimum atomic E-state index is -0.856. The first-order valence-corrected chi connectivity index (χ1v) is 24.0. The van der Waals surface area contributed by atoms with E-state index < -0.39 is 12.1 Å². The minimum absolute atomic E-state index is 0.109. The first kappa shape index (κ1) is 58.5. The van der Waals surface area contributed by atoms with Crippen molar-refractivity contribution in [2.75, 3.05) is 13.2 Å². The van der Waals surface area contributed by atoms with Crippen LogP contribution >= 0.6 is 0 Å². The van der Waals surface area contributed by atoms with E-state index in [4.69, 9.17) is 14.2 Å². The van der Waals surface area contributed by atoms with Gasteiger partial charge in [-0.25, -0.2) is 0 Å². The van der Waals surface area contributed by atoms with Gasteiger partial charge >= 0.3 is 17.9 Å². The molecule has 0 aromatic carbocycles. The van der Waals surface area contributed by atoms with Crippen LogP contribution in [0.15, 0.2) is 182 Å². The van der Waals surface area contributed by atoms with E-state index in [-0.39, 0.29) is 44.4 Å². The van der Waals surface area contributed by atoms with Gasteiger partial charge in [-0.3, -0.25) is 14.4 Å². The number of esters is 3. The predicted octanol–water partition coefficient (Wildman–Crippen LogP) is 15.8. The van der Waals surface area contributed by atoms with Crippen LogP contribution in [0.2, 0.25) is 0 Å². The molecule has 0 amide bonds. The summed E-state index contributed by atoms with van der Waals surface area (Å²) in [5.41, 5.74) is 0. The van der Waals surface area contributed by atoms with Crippen LogP contribution in [0.4, 0.5) is 0 Å². The monoisotopic (exact) mass is 875 g/mol. The van der Waals surface area contributed by atoms with Gasteiger partial charge in [-0.05, 0) is 70.6 Å². The van der Waals surface area contributed by atoms with Gasteiger partial charge in [0.2, 0.25) is 0 Å². The average molecular weight is 875 g/mol. The lowest BCUT2D eigenvalue weighted by Crippen LogP contribution is -2.30. The molecule has 1 atom stereocenters. The topological polar surface area (TPSA) is 78.9 Å². The van der Waals surface area contributed by atoms with Gasteiger partial charge < -0.3 is 14.2 Å². The molecule has 0 radical (unpaired) electrons. The standard InChI is InChI=1S/C58H82O6/c1-4-7-10-13-16-19-21-23-25-27-29-31-32-34-36-39-42-45-48-51-57(60)63-54-55(53-62-56(59)50-47-44-41-38-18-15-12-9-6-3)64-58(61)52-49-46-43-40-37-35-33-30-28-26-24-22-20-17-14-11-8-5-2/h7,9-14,16-34,36,38,44,47,55H,4-6,8,15,35,37,39-43,45-46,48-54H2,1-3H3/b10-7-,12-9-,14-11-,16-13-,20-17-,21-19-,24-22-,25-23-,28-26-,29-27+,32-31-,33-30-,36-34-,38-18-,47-44-. The van der Waals surface area contributed by atoms with E-state index >= 15 is 0 Å². The zero-order valence-electron chi connectivity index (χ0n) is 39.7. The van der Waals surface area contributed by atoms with Crippen LogP contribution in [0.5, 0.6) is 0 Å². The second-order valence-electron chi connectivity index (χ2n) is 14.9. The van der Waals surface area contributed by atoms with Crippen molar-refractivity contribution < 1.29 is 28.6 Å². The molecule has 1 unspecified atom stereocenters. The number of rotatable bonds is 39. The van der Waals surface area contributed by atoms with Crippen molar-refractivity contribution in [3.05, 3.63) is 182 Å². The lowest BCUT2D eigenvalue weighted by atomic mass is 10.1. The van der Waals surface area contributed by atoms with E-state index in [2.05, 4.69) is 81.5 Å². The summed E-state index contributed by atoms with van der Waals surface area (Å²) in [6, 6.07) is 0. The Morgan fingerprint density at radius 1 is 0.359 bits per heavy atom. The van der Waals surface area contributed by atoms with Gasteiger partial charge in [0.25, 0.3) is 0 Å². The Hall–Kier alpha value is -5.49. The molecule has 0 saturated heterocycles. The summed E-state index contributed by atoms with van der Waals surface area (Å²) in [4.78, 5) is 37.8. The van der Waals surface area contributed by atoms with E-state index in [9.17, 15) is 14.4 Å². The molecule has 0 aliphatic carbocycles. The van der Waals surface area contributed by atoms with E-state index in [1.54, 1.807) is 6.08 Å². The first-order chi connectivity index (χ1) is 31.5. The van der Waals surface area contributed by atoms with Crippen LogP contribution in [0.3, 0.4) is 0 Å². The summed E-state index contributed by atoms with van der Waals surface area (Å²) >= 11 is 0. The van der Waals surface area contributed by atoms with E-state index in [1.807, 2.05) is 115 Å². The van der Waals surface area contributed by atoms with Gasteiger partial charge in [0, 0.05) is 12.8 Å². The Morgan fingerprint density at radius 3 is 1.23 bits per heavy atom. The van der Waals surface area contributed by atoms with Crippen molar-refractivity contribution in [2.45, 2.75) is 149 Å². The largest absolute Gasteiger partial charge is 0.462 e. The third-order valence-corrected chi connectivity index (χ3v) is 8.96. The number of allylic oxidation sites excluding steroid dienone is 29. The number of ether oxygens (including phenoxy) is 3. The highest BCUT2D eigenvalue weighted by Gasteiger charge is 2.19. The molecule has 0 spiro atoms. The second-order valence-corrected chi connectivity index (χ2v) is 14.9. The van der Waals surface area contributed by atoms with E-state index in [1.165, 1.54) is 6.42 Å². The fourth-order valence-corrected chi connectivity index (χ4v) is 5.45. The molecule has 0 N–H and O–H groups in total. The Kier molecular flexibility index (Phi) is 45.9. The van der Waals surface area contributed by atoms with Crippen LogP contribution < -0.4 is 0 Å². The number of carbonyl (C=O) groups is 3. The molecule has 350 valence electrons. The fourth-order valence-electron chi connectivity index (χ4n) is 5.45. The predicted molar refractivity (Wildman–Crippen MR) is 274 cm³/mol. The lowest BCUT2D eigenvalue weighted by molar-refractivity contribution is -0.166. The van der Waals surface area contributed by atoms with E-state index in [0.29, 0.717) is 12.8 Å². The SMILES string of the molecule is CC\C=C/C=C\C=C/C=C\C=C\C=C/C=C\CCCCCC(=O)OCC(COC(=O)C/C=C\C/C=C\C/C=C\CC)OC(=O)CCCCCCC\C=C/C=C\C=C/C=C\C=C/CCC. The molecule has 6 heteroatoms. The van der Waals surface area contributed by atoms with Crippen LogP contribution in [0, 0.1) is 0 Å². The molecule has 0 bridgehead atoms. The molecule has 0 rings (SSSR count). The molecule has 0 aliphatic rings. The fraction of sp³-hybridized carbons (Fsp3) is 0.431. The van der Waals surface area contributed by atoms with Crippen LogP contribution in [-0.2, 0) is 28.6 Å². The van der Waals surface area contributed by atoms with Crippen LogP contribution in [0.25, 0.3) is 0 Å². The van der Waals surface area contributed by atoms with Crippen molar-refractivity contribution in [1.29, 1.82) is 0 Å². The summed E-state index contributed by atoms with van der Waals surface area (Å²) in [5, 5.41) is 0. The van der Waals surface area contributed by atoms with Crippen molar-refractivity contribution in [3.8, 4) is 0 Å². The summed E-state index contributed by atoms with van der Waals surface area (Å²) < 4.78 is 16.6. The molecule has 0 aromatic heterocycles. The van der Waals surface area contributed by atoms with Crippen molar-refractivity contribution >= 4 is 17.9 Å². The molecule has 0 aromatic rings. The van der Waals surface area contributed by atoms with E-state index in [0.717, 1.165) is 83.5 Å². The van der Waals surface area contributed by atoms with Gasteiger partial charge in [-0.1, -0.05) is 235 Å². The quantitative estimate of drug-likeness (QED) is 0.0201. The smallest absolute Gasteiger partial charge is 0.309 e. The third-order valence-electron chi connectivity index (χ3n) is 8.96. The van der Waals surface area contributed by atoms with Crippen molar-refractivity contribution in [2.24, 2.45) is 0 Å². The Morgan fingerprint density at radius 2 is 0.734 bits per heavy atom. The lowest BCUT2D eigenvalue weighted by Gasteiger charge is -2.18. The summed E-state index contributed by atoms with van der Waals surface area (Å²) in [7, 11) is 0. The highest BCUT2D eigenvalue weighted by atomic mass is 16.6. The van der Waals surface area contributed by atoms with Crippen LogP contribution in [0.1, 0.15) is 143 Å². The summed E-state index contributed by atoms with van der Waals surface area (Å²) in [5.74, 6) is -1.17. The molecule has 6 nitrogen and oxygen atoms in total. The minimum Gasteiger partial charge on any atom is -0.462 e. The van der Waals surface area contributed by atoms with Gasteiger partial charge in [-0.15, -0.1) is 0 Å². The van der Waals surface area contributed by atoms with Crippen LogP contribution in [-0.4, -0.2) is 37.2 Å². The summed E-state index contributed by atoms with van der Waals surface area (Å²) in [6.07, 6.45) is 76.1. The number of hydrogen-bond acceptors (Lipinski definition) is 6. The molecule has 0 aliphatic heterocycles. The Balaban J connectivity index is 4.62. The molecule has 0 fully saturated rings. The van der Waals surface area contributed by atoms with Gasteiger partial charge in [0.15, 0.2) is 6.10 Å². The first-order valence-electron chi connectivity index (χ1n) is 24.0. The third kappa shape index (κ3) is 47.6. The maximum atomic E-state index is 12.8. The second kappa shape index (κ2) is 50.2. The Bertz CT molecular complexity index is 1610. The maximum Gasteiger partial charge on any atom is 0.309 e. The Labute approximate surface area is 389 Å². The van der Waals surface area contributed by atoms with Gasteiger partial charge in [0.05, 0.1) is 6.42 Å². The molecule has 64 heavy (non-hydrogen) atoms. The zero-order valence-corrected chi connectivity index (χ0v) is 39.7. The van der Waals surface area contributed by atoms with Gasteiger partial charge in [0.1, 0.15) is 13.2 Å². The highest BCUT2D eigenvalue weighted by molar-refractivity contribution is 5.72. The van der Waals surface area contributed by atoms with Crippen molar-refractivity contribution in [3.63, 3.8) is 0 Å². The van der Waals surface area contributed by atoms with Crippen molar-refractivity contribution in [1.82, 2.24) is 0 Å². The number of hydrogen-bond donors (Lipinski definition) is 0. The molecular weight excluding hydrogens is 793 g/mol.